The Kier molecular flexibility index (Phi) is 9.94. The molecule has 1 atom stereocenters. The van der Waals surface area contributed by atoms with Gasteiger partial charge in [0.2, 0.25) is 11.8 Å². The maximum atomic E-state index is 15.6. The number of hydrogen-bond acceptors (Lipinski definition) is 8. The van der Waals surface area contributed by atoms with E-state index in [9.17, 15) is 18.4 Å². The predicted molar refractivity (Wildman–Crippen MR) is 192 cm³/mol. The molecular weight excluding hydrogens is 692 g/mol. The summed E-state index contributed by atoms with van der Waals surface area (Å²) in [5.74, 6) is -4.85. The van der Waals surface area contributed by atoms with Crippen LogP contribution in [0.5, 0.6) is 5.88 Å². The minimum absolute atomic E-state index is 0.0196. The molecule has 2 bridgehead atoms. The van der Waals surface area contributed by atoms with Gasteiger partial charge in [0.15, 0.2) is 0 Å². The SMILES string of the molecule is Cc1cc2cc(n1)-c1cnn(C)c1OCCCCCN1/C(=N/C2=O)Nc2ccc(C(=O)N(C)C3CCN(CCc4cc(F)cc(F)c4)CC3(F)F)cc21. The van der Waals surface area contributed by atoms with Crippen LogP contribution in [0.1, 0.15) is 57.7 Å². The van der Waals surface area contributed by atoms with E-state index in [1.54, 1.807) is 60.1 Å². The molecule has 0 radical (unpaired) electrons. The minimum atomic E-state index is -3.23. The average Bonchev–Trinajstić information content (AvgIpc) is 3.65. The van der Waals surface area contributed by atoms with E-state index in [0.717, 1.165) is 23.8 Å². The molecule has 11 nitrogen and oxygen atoms in total. The molecule has 1 saturated heterocycles. The number of halogens is 4. The quantitative estimate of drug-likeness (QED) is 0.246. The summed E-state index contributed by atoms with van der Waals surface area (Å²) in [6.07, 6.45) is 4.14. The molecule has 2 aromatic carbocycles. The third-order valence-electron chi connectivity index (χ3n) is 9.94. The van der Waals surface area contributed by atoms with Crippen LogP contribution in [-0.2, 0) is 13.5 Å². The third-order valence-corrected chi connectivity index (χ3v) is 9.94. The first kappa shape index (κ1) is 36.1. The lowest BCUT2D eigenvalue weighted by atomic mass is 9.97. The monoisotopic (exact) mass is 732 g/mol. The summed E-state index contributed by atoms with van der Waals surface area (Å²) >= 11 is 0. The predicted octanol–water partition coefficient (Wildman–Crippen LogP) is 6.08. The number of rotatable bonds is 5. The van der Waals surface area contributed by atoms with Gasteiger partial charge in [-0.3, -0.25) is 19.5 Å². The maximum Gasteiger partial charge on any atom is 0.280 e. The molecule has 0 saturated carbocycles. The second-order valence-electron chi connectivity index (χ2n) is 13.8. The van der Waals surface area contributed by atoms with Gasteiger partial charge in [0.05, 0.1) is 48.0 Å². The number of guanidine groups is 1. The van der Waals surface area contributed by atoms with Crippen LogP contribution < -0.4 is 15.0 Å². The number of carbonyl (C=O) groups excluding carboxylic acids is 2. The van der Waals surface area contributed by atoms with Crippen LogP contribution in [0.25, 0.3) is 11.3 Å². The van der Waals surface area contributed by atoms with Gasteiger partial charge in [-0.15, -0.1) is 0 Å². The van der Waals surface area contributed by atoms with Gasteiger partial charge in [-0.1, -0.05) is 0 Å². The molecule has 15 heteroatoms. The molecule has 3 aliphatic heterocycles. The van der Waals surface area contributed by atoms with Crippen LogP contribution in [0.4, 0.5) is 28.9 Å². The number of fused-ring (bicyclic) bond motifs is 7. The van der Waals surface area contributed by atoms with Crippen molar-refractivity contribution in [3.05, 3.63) is 88.7 Å². The highest BCUT2D eigenvalue weighted by Gasteiger charge is 2.48. The molecule has 4 aromatic rings. The molecule has 1 N–H and O–H groups in total. The highest BCUT2D eigenvalue weighted by Crippen LogP contribution is 2.37. The number of aryl methyl sites for hydroxylation is 2. The Bertz CT molecular complexity index is 2070. The molecule has 7 rings (SSSR count). The van der Waals surface area contributed by atoms with Crippen molar-refractivity contribution in [2.75, 3.05) is 50.1 Å². The highest BCUT2D eigenvalue weighted by molar-refractivity contribution is 6.19. The van der Waals surface area contributed by atoms with Crippen LogP contribution in [0.2, 0.25) is 0 Å². The molecule has 1 unspecified atom stereocenters. The number of aromatic nitrogens is 3. The van der Waals surface area contributed by atoms with Crippen molar-refractivity contribution < 1.29 is 31.9 Å². The van der Waals surface area contributed by atoms with Gasteiger partial charge in [-0.2, -0.15) is 10.1 Å². The number of pyridine rings is 1. The lowest BCUT2D eigenvalue weighted by molar-refractivity contribution is -0.114. The molecule has 278 valence electrons. The Morgan fingerprint density at radius 1 is 1.06 bits per heavy atom. The van der Waals surface area contributed by atoms with Crippen molar-refractivity contribution in [3.8, 4) is 17.1 Å². The smallest absolute Gasteiger partial charge is 0.280 e. The topological polar surface area (TPSA) is 108 Å². The molecule has 2 aromatic heterocycles. The molecule has 2 amide bonds. The van der Waals surface area contributed by atoms with Crippen LogP contribution in [0, 0.1) is 18.6 Å². The maximum absolute atomic E-state index is 15.6. The fraction of sp³-hybridized carbons (Fsp3) is 0.395. The van der Waals surface area contributed by atoms with Crippen LogP contribution in [0.15, 0.2) is 59.7 Å². The first-order chi connectivity index (χ1) is 25.4. The number of ether oxygens (including phenoxy) is 1. The standard InChI is InChI=1S/C38H40F4N8O3/c1-23-15-26-18-31(44-23)29-21-43-48(3)36(29)53-14-6-4-5-11-50-32-19-25(7-8-30(32)45-37(50)46-34(26)51)35(52)47(2)33-10-13-49(22-38(33,41)42)12-9-24-16-27(39)20-28(40)17-24/h7-8,15-21,33H,4-6,9-14,22H2,1-3H3,(H,45,46,51). The van der Waals surface area contributed by atoms with E-state index in [1.807, 2.05) is 4.90 Å². The highest BCUT2D eigenvalue weighted by atomic mass is 19.3. The normalized spacial score (nSPS) is 19.8. The minimum Gasteiger partial charge on any atom is -0.477 e. The molecule has 0 spiro atoms. The molecule has 53 heavy (non-hydrogen) atoms. The number of carbonyl (C=O) groups is 2. The summed E-state index contributed by atoms with van der Waals surface area (Å²) in [6, 6.07) is 10.1. The van der Waals surface area contributed by atoms with Crippen molar-refractivity contribution in [3.63, 3.8) is 0 Å². The number of nitrogens with one attached hydrogen (secondary N) is 1. The second kappa shape index (κ2) is 14.6. The van der Waals surface area contributed by atoms with E-state index < -0.39 is 42.0 Å². The number of likely N-dealkylation sites (tertiary alicyclic amines) is 1. The first-order valence-electron chi connectivity index (χ1n) is 17.6. The van der Waals surface area contributed by atoms with Crippen molar-refractivity contribution in [2.45, 2.75) is 51.0 Å². The zero-order valence-corrected chi connectivity index (χ0v) is 29.7. The zero-order valence-electron chi connectivity index (χ0n) is 29.7. The van der Waals surface area contributed by atoms with Gasteiger partial charge in [-0.05, 0) is 87.1 Å². The molecule has 5 heterocycles. The number of benzene rings is 2. The molecule has 3 aliphatic rings. The summed E-state index contributed by atoms with van der Waals surface area (Å²) in [5.41, 5.74) is 4.00. The van der Waals surface area contributed by atoms with Gasteiger partial charge >= 0.3 is 0 Å². The van der Waals surface area contributed by atoms with Crippen molar-refractivity contribution in [1.29, 1.82) is 0 Å². The van der Waals surface area contributed by atoms with Gasteiger partial charge < -0.3 is 19.9 Å². The largest absolute Gasteiger partial charge is 0.477 e. The summed E-state index contributed by atoms with van der Waals surface area (Å²) in [7, 11) is 3.17. The van der Waals surface area contributed by atoms with Crippen molar-refractivity contribution in [1.82, 2.24) is 24.6 Å². The van der Waals surface area contributed by atoms with E-state index in [2.05, 4.69) is 20.4 Å². The van der Waals surface area contributed by atoms with Crippen molar-refractivity contribution in [2.24, 2.45) is 12.0 Å². The van der Waals surface area contributed by atoms with Crippen molar-refractivity contribution >= 4 is 29.1 Å². The van der Waals surface area contributed by atoms with E-state index in [0.29, 0.717) is 70.9 Å². The van der Waals surface area contributed by atoms with Gasteiger partial charge in [0.1, 0.15) is 11.6 Å². The van der Waals surface area contributed by atoms with E-state index in [-0.39, 0.29) is 31.5 Å². The Morgan fingerprint density at radius 3 is 2.62 bits per heavy atom. The first-order valence-corrected chi connectivity index (χ1v) is 17.6. The van der Waals surface area contributed by atoms with Crippen LogP contribution in [0.3, 0.4) is 0 Å². The fourth-order valence-electron chi connectivity index (χ4n) is 7.25. The lowest BCUT2D eigenvalue weighted by Crippen LogP contribution is -2.58. The molecule has 0 aliphatic carbocycles. The molecule has 1 fully saturated rings. The lowest BCUT2D eigenvalue weighted by Gasteiger charge is -2.42. The zero-order chi connectivity index (χ0) is 37.4. The summed E-state index contributed by atoms with van der Waals surface area (Å²) < 4.78 is 66.2. The van der Waals surface area contributed by atoms with Gasteiger partial charge in [0.25, 0.3) is 17.7 Å². The Morgan fingerprint density at radius 2 is 1.85 bits per heavy atom. The number of anilines is 2. The Balaban J connectivity index is 1.09. The number of piperidine rings is 1. The van der Waals surface area contributed by atoms with E-state index in [4.69, 9.17) is 4.74 Å². The van der Waals surface area contributed by atoms with E-state index in [1.165, 1.54) is 19.2 Å². The number of alkyl halides is 2. The third kappa shape index (κ3) is 7.61. The molecular formula is C38H40F4N8O3. The summed E-state index contributed by atoms with van der Waals surface area (Å²) in [5, 5.41) is 7.55. The summed E-state index contributed by atoms with van der Waals surface area (Å²) in [6.45, 7) is 2.61. The number of amides is 2. The number of hydrogen-bond donors (Lipinski definition) is 1. The van der Waals surface area contributed by atoms with Crippen LogP contribution in [-0.4, -0.2) is 94.1 Å². The van der Waals surface area contributed by atoms with Crippen LogP contribution >= 0.6 is 0 Å². The number of nitrogens with zero attached hydrogens (tertiary/aromatic N) is 7. The second-order valence-corrected chi connectivity index (χ2v) is 13.8. The fourth-order valence-corrected chi connectivity index (χ4v) is 7.25. The Labute approximate surface area is 304 Å². The van der Waals surface area contributed by atoms with E-state index >= 15 is 8.78 Å². The average molecular weight is 733 g/mol. The number of aliphatic imine (C=N–C) groups is 1. The van der Waals surface area contributed by atoms with Gasteiger partial charge in [0, 0.05) is 56.6 Å². The van der Waals surface area contributed by atoms with Gasteiger partial charge in [-0.25, -0.2) is 22.2 Å². The Hall–Kier alpha value is -5.31. The summed E-state index contributed by atoms with van der Waals surface area (Å²) in [4.78, 5) is 41.0.